The Labute approximate surface area is 147 Å². The molecule has 2 aliphatic rings. The van der Waals surface area contributed by atoms with Crippen LogP contribution >= 0.6 is 0 Å². The molecule has 0 aromatic heterocycles. The number of carbonyl (C=O) groups is 1. The van der Waals surface area contributed by atoms with Gasteiger partial charge in [0, 0.05) is 23.7 Å². The van der Waals surface area contributed by atoms with Crippen molar-refractivity contribution in [1.82, 2.24) is 4.90 Å². The van der Waals surface area contributed by atoms with E-state index in [4.69, 9.17) is 4.74 Å². The maximum Gasteiger partial charge on any atom is 0.334 e. The van der Waals surface area contributed by atoms with E-state index in [0.717, 1.165) is 12.8 Å². The molecule has 3 nitrogen and oxygen atoms in total. The van der Waals surface area contributed by atoms with Gasteiger partial charge in [0.2, 0.25) is 0 Å². The van der Waals surface area contributed by atoms with Gasteiger partial charge in [-0.1, -0.05) is 38.5 Å². The Morgan fingerprint density at radius 1 is 1.33 bits per heavy atom. The molecule has 134 valence electrons. The van der Waals surface area contributed by atoms with E-state index in [1.807, 2.05) is 6.08 Å². The zero-order chi connectivity index (χ0) is 17.7. The zero-order valence-corrected chi connectivity index (χ0v) is 15.4. The van der Waals surface area contributed by atoms with E-state index < -0.39 is 0 Å². The Kier molecular flexibility index (Phi) is 6.45. The Hall–Kier alpha value is -1.35. The first-order valence-electron chi connectivity index (χ1n) is 9.26. The van der Waals surface area contributed by atoms with Crippen molar-refractivity contribution in [1.29, 1.82) is 0 Å². The van der Waals surface area contributed by atoms with Crippen molar-refractivity contribution >= 4 is 5.97 Å². The van der Waals surface area contributed by atoms with Crippen molar-refractivity contribution in [3.8, 4) is 0 Å². The van der Waals surface area contributed by atoms with Crippen LogP contribution < -0.4 is 0 Å². The number of allylic oxidation sites excluding steroid dienone is 1. The Bertz CT molecular complexity index is 498. The molecule has 1 heterocycles. The van der Waals surface area contributed by atoms with Crippen LogP contribution in [0.25, 0.3) is 0 Å². The fourth-order valence-corrected chi connectivity index (χ4v) is 5.11. The minimum absolute atomic E-state index is 0.163. The zero-order valence-electron chi connectivity index (χ0n) is 15.4. The number of hydrogen-bond donors (Lipinski definition) is 0. The molecule has 0 N–H and O–H groups in total. The Morgan fingerprint density at radius 2 is 2.00 bits per heavy atom. The molecule has 0 radical (unpaired) electrons. The van der Waals surface area contributed by atoms with Crippen LogP contribution in [0.15, 0.2) is 37.5 Å². The van der Waals surface area contributed by atoms with Crippen LogP contribution in [-0.2, 0) is 9.53 Å². The molecule has 1 saturated carbocycles. The van der Waals surface area contributed by atoms with E-state index >= 15 is 0 Å². The van der Waals surface area contributed by atoms with E-state index in [0.29, 0.717) is 30.0 Å². The molecule has 1 aliphatic heterocycles. The number of piperidine rings is 1. The van der Waals surface area contributed by atoms with Gasteiger partial charge in [-0.25, -0.2) is 4.79 Å². The second-order valence-corrected chi connectivity index (χ2v) is 7.49. The van der Waals surface area contributed by atoms with Gasteiger partial charge in [0.25, 0.3) is 0 Å². The highest BCUT2D eigenvalue weighted by Crippen LogP contribution is 2.51. The van der Waals surface area contributed by atoms with Gasteiger partial charge < -0.3 is 4.74 Å². The first kappa shape index (κ1) is 19.0. The van der Waals surface area contributed by atoms with E-state index in [1.165, 1.54) is 39.2 Å². The van der Waals surface area contributed by atoms with Crippen LogP contribution in [0.1, 0.15) is 51.9 Å². The number of esters is 1. The minimum Gasteiger partial charge on any atom is -0.466 e. The van der Waals surface area contributed by atoms with E-state index in [1.54, 1.807) is 0 Å². The van der Waals surface area contributed by atoms with Gasteiger partial charge in [0.1, 0.15) is 0 Å². The third-order valence-corrected chi connectivity index (χ3v) is 6.26. The summed E-state index contributed by atoms with van der Waals surface area (Å²) in [6.45, 7) is 14.9. The molecule has 1 spiro atoms. The molecule has 24 heavy (non-hydrogen) atoms. The molecule has 0 bridgehead atoms. The van der Waals surface area contributed by atoms with Crippen LogP contribution in [0.5, 0.6) is 0 Å². The summed E-state index contributed by atoms with van der Waals surface area (Å²) >= 11 is 0. The SMILES string of the molecule is C=CC[C@H]1CCC[C@]2(CCC[C@@H]2[C@@H](C)C=C)N1CC(=C)C(=O)OC. The van der Waals surface area contributed by atoms with Crippen LogP contribution in [0, 0.1) is 11.8 Å². The van der Waals surface area contributed by atoms with E-state index in [-0.39, 0.29) is 11.5 Å². The predicted octanol–water partition coefficient (Wildman–Crippen LogP) is 4.51. The van der Waals surface area contributed by atoms with Crippen LogP contribution in [0.4, 0.5) is 0 Å². The molecule has 3 heteroatoms. The second kappa shape index (κ2) is 8.15. The lowest BCUT2D eigenvalue weighted by atomic mass is 9.71. The van der Waals surface area contributed by atoms with Crippen molar-refractivity contribution in [2.75, 3.05) is 13.7 Å². The highest BCUT2D eigenvalue weighted by atomic mass is 16.5. The fraction of sp³-hybridized carbons (Fsp3) is 0.667. The number of hydrogen-bond acceptors (Lipinski definition) is 3. The molecule has 0 aromatic carbocycles. The highest BCUT2D eigenvalue weighted by Gasteiger charge is 2.51. The lowest BCUT2D eigenvalue weighted by Gasteiger charge is -2.54. The van der Waals surface area contributed by atoms with Crippen molar-refractivity contribution in [2.24, 2.45) is 11.8 Å². The summed E-state index contributed by atoms with van der Waals surface area (Å²) < 4.78 is 4.89. The van der Waals surface area contributed by atoms with Gasteiger partial charge in [-0.15, -0.1) is 13.2 Å². The molecular formula is C21H33NO2. The number of methoxy groups -OCH3 is 1. The molecular weight excluding hydrogens is 298 g/mol. The monoisotopic (exact) mass is 331 g/mol. The van der Waals surface area contributed by atoms with Gasteiger partial charge in [-0.2, -0.15) is 0 Å². The fourth-order valence-electron chi connectivity index (χ4n) is 5.11. The second-order valence-electron chi connectivity index (χ2n) is 7.49. The quantitative estimate of drug-likeness (QED) is 0.390. The van der Waals surface area contributed by atoms with Crippen LogP contribution in [0.2, 0.25) is 0 Å². The topological polar surface area (TPSA) is 29.5 Å². The molecule has 0 amide bonds. The maximum absolute atomic E-state index is 11.9. The first-order valence-corrected chi connectivity index (χ1v) is 9.26. The lowest BCUT2D eigenvalue weighted by Crippen LogP contribution is -2.60. The minimum atomic E-state index is -0.292. The number of nitrogens with zero attached hydrogens (tertiary/aromatic N) is 1. The average molecular weight is 332 g/mol. The Morgan fingerprint density at radius 3 is 2.58 bits per heavy atom. The van der Waals surface area contributed by atoms with Crippen LogP contribution in [-0.4, -0.2) is 36.1 Å². The molecule has 2 fully saturated rings. The number of ether oxygens (including phenoxy) is 1. The van der Waals surface area contributed by atoms with Gasteiger partial charge in [-0.05, 0) is 43.9 Å². The molecule has 0 aromatic rings. The summed E-state index contributed by atoms with van der Waals surface area (Å²) in [6.07, 6.45) is 12.4. The third-order valence-electron chi connectivity index (χ3n) is 6.26. The van der Waals surface area contributed by atoms with Crippen molar-refractivity contribution in [3.63, 3.8) is 0 Å². The van der Waals surface area contributed by atoms with Crippen molar-refractivity contribution in [3.05, 3.63) is 37.5 Å². The lowest BCUT2D eigenvalue weighted by molar-refractivity contribution is -0.137. The smallest absolute Gasteiger partial charge is 0.334 e. The summed E-state index contributed by atoms with van der Waals surface area (Å²) in [5.41, 5.74) is 0.723. The van der Waals surface area contributed by atoms with Crippen molar-refractivity contribution < 1.29 is 9.53 Å². The van der Waals surface area contributed by atoms with E-state index in [9.17, 15) is 4.79 Å². The van der Waals surface area contributed by atoms with Crippen molar-refractivity contribution in [2.45, 2.75) is 63.5 Å². The molecule has 1 saturated heterocycles. The molecule has 1 aliphatic carbocycles. The van der Waals surface area contributed by atoms with Gasteiger partial charge in [-0.3, -0.25) is 4.90 Å². The van der Waals surface area contributed by atoms with E-state index in [2.05, 4.69) is 37.6 Å². The third kappa shape index (κ3) is 3.51. The predicted molar refractivity (Wildman–Crippen MR) is 99.7 cm³/mol. The molecule has 0 unspecified atom stereocenters. The average Bonchev–Trinajstić information content (AvgIpc) is 3.00. The first-order chi connectivity index (χ1) is 11.5. The van der Waals surface area contributed by atoms with Gasteiger partial charge in [0.05, 0.1) is 7.11 Å². The standard InChI is InChI=1S/C21H33NO2/c1-6-10-18-11-8-13-21(14-9-12-19(21)16(3)7-2)22(18)15-17(4)20(23)24-5/h6-7,16,18-19H,1-2,4,8-15H2,3,5H3/t16-,18-,19+,21+/m0/s1. The summed E-state index contributed by atoms with van der Waals surface area (Å²) in [6, 6.07) is 0.440. The largest absolute Gasteiger partial charge is 0.466 e. The number of carbonyl (C=O) groups excluding carboxylic acids is 1. The Balaban J connectivity index is 2.34. The highest BCUT2D eigenvalue weighted by molar-refractivity contribution is 5.88. The molecule has 2 rings (SSSR count). The number of rotatable bonds is 7. The van der Waals surface area contributed by atoms with Crippen LogP contribution in [0.3, 0.4) is 0 Å². The molecule has 4 atom stereocenters. The summed E-state index contributed by atoms with van der Waals surface area (Å²) in [4.78, 5) is 14.5. The van der Waals surface area contributed by atoms with Gasteiger partial charge in [0.15, 0.2) is 0 Å². The summed E-state index contributed by atoms with van der Waals surface area (Å²) in [7, 11) is 1.43. The number of likely N-dealkylation sites (tertiary alicyclic amines) is 1. The maximum atomic E-state index is 11.9. The normalized spacial score (nSPS) is 31.6. The van der Waals surface area contributed by atoms with Gasteiger partial charge >= 0.3 is 5.97 Å². The summed E-state index contributed by atoms with van der Waals surface area (Å²) in [5.74, 6) is 0.802. The summed E-state index contributed by atoms with van der Waals surface area (Å²) in [5, 5.41) is 0.